The highest BCUT2D eigenvalue weighted by Gasteiger charge is 2.43. The van der Waals surface area contributed by atoms with Crippen LogP contribution in [0.25, 0.3) is 0 Å². The Hall–Kier alpha value is -2.57. The molecule has 0 aliphatic carbocycles. The number of carbonyl (C=O) groups excluding carboxylic acids is 3. The topological polar surface area (TPSA) is 90.0 Å². The minimum atomic E-state index is -1.10. The molecule has 2 aliphatic heterocycles. The van der Waals surface area contributed by atoms with Gasteiger partial charge < -0.3 is 19.5 Å². The Morgan fingerprint density at radius 3 is 2.24 bits per heavy atom. The van der Waals surface area contributed by atoms with Crippen LogP contribution in [0.5, 0.6) is 0 Å². The largest absolute Gasteiger partial charge is 0.549 e. The molecule has 1 aromatic rings. The molecule has 0 aromatic heterocycles. The van der Waals surface area contributed by atoms with E-state index in [9.17, 15) is 19.5 Å². The highest BCUT2D eigenvalue weighted by molar-refractivity contribution is 5.87. The second-order valence-electron chi connectivity index (χ2n) is 8.89. The van der Waals surface area contributed by atoms with Gasteiger partial charge in [0.1, 0.15) is 11.6 Å². The summed E-state index contributed by atoms with van der Waals surface area (Å²) in [5.41, 5.74) is -0.996. The van der Waals surface area contributed by atoms with Crippen molar-refractivity contribution < 1.29 is 24.2 Å². The normalized spacial score (nSPS) is 21.7. The average Bonchev–Trinajstić information content (AvgIpc) is 3.17. The van der Waals surface area contributed by atoms with E-state index in [0.717, 1.165) is 6.42 Å². The van der Waals surface area contributed by atoms with Gasteiger partial charge in [0.05, 0.1) is 5.97 Å². The second-order valence-corrected chi connectivity index (χ2v) is 8.89. The molecule has 0 saturated carbocycles. The fourth-order valence-corrected chi connectivity index (χ4v) is 4.25. The van der Waals surface area contributed by atoms with Crippen molar-refractivity contribution >= 4 is 18.0 Å². The lowest BCUT2D eigenvalue weighted by Gasteiger charge is -2.44. The van der Waals surface area contributed by atoms with Crippen LogP contribution in [-0.4, -0.2) is 59.0 Å². The van der Waals surface area contributed by atoms with Gasteiger partial charge in [-0.2, -0.15) is 0 Å². The van der Waals surface area contributed by atoms with E-state index < -0.39 is 29.1 Å². The first-order chi connectivity index (χ1) is 13.6. The summed E-state index contributed by atoms with van der Waals surface area (Å²) in [6.45, 7) is 6.52. The van der Waals surface area contributed by atoms with E-state index in [-0.39, 0.29) is 5.91 Å². The van der Waals surface area contributed by atoms with E-state index in [1.54, 1.807) is 37.8 Å². The van der Waals surface area contributed by atoms with Crippen molar-refractivity contribution in [3.8, 4) is 0 Å². The molecule has 1 aromatic carbocycles. The van der Waals surface area contributed by atoms with E-state index in [2.05, 4.69) is 0 Å². The van der Waals surface area contributed by atoms with E-state index in [1.807, 2.05) is 18.2 Å². The van der Waals surface area contributed by atoms with Crippen molar-refractivity contribution in [3.05, 3.63) is 35.9 Å². The zero-order valence-electron chi connectivity index (χ0n) is 17.3. The predicted molar refractivity (Wildman–Crippen MR) is 105 cm³/mol. The van der Waals surface area contributed by atoms with Gasteiger partial charge in [-0.25, -0.2) is 4.79 Å². The van der Waals surface area contributed by atoms with Crippen LogP contribution in [0.2, 0.25) is 0 Å². The summed E-state index contributed by atoms with van der Waals surface area (Å²) in [4.78, 5) is 40.8. The highest BCUT2D eigenvalue weighted by atomic mass is 16.6. The Bertz CT molecular complexity index is 763. The van der Waals surface area contributed by atoms with Gasteiger partial charge >= 0.3 is 6.09 Å². The zero-order chi connectivity index (χ0) is 21.2. The number of hydrogen-bond acceptors (Lipinski definition) is 5. The zero-order valence-corrected chi connectivity index (χ0v) is 17.3. The Labute approximate surface area is 171 Å². The monoisotopic (exact) mass is 401 g/mol. The molecule has 2 amide bonds. The molecule has 7 nitrogen and oxygen atoms in total. The SMILES string of the molecule is CC(C)(C)OC(=O)N1CCC[C@H]1C(=O)N1CCC(C(=O)[O-])(c2ccccc2)CC1. The van der Waals surface area contributed by atoms with Crippen molar-refractivity contribution in [3.63, 3.8) is 0 Å². The number of benzene rings is 1. The number of rotatable bonds is 3. The number of piperidine rings is 1. The van der Waals surface area contributed by atoms with Crippen molar-refractivity contribution in [1.29, 1.82) is 0 Å². The van der Waals surface area contributed by atoms with Crippen LogP contribution in [-0.2, 0) is 19.7 Å². The van der Waals surface area contributed by atoms with Gasteiger partial charge in [0.2, 0.25) is 5.91 Å². The number of carbonyl (C=O) groups is 3. The summed E-state index contributed by atoms with van der Waals surface area (Å²) in [6.07, 6.45) is 1.46. The summed E-state index contributed by atoms with van der Waals surface area (Å²) in [7, 11) is 0. The molecule has 0 unspecified atom stereocenters. The van der Waals surface area contributed by atoms with E-state index >= 15 is 0 Å². The maximum atomic E-state index is 13.1. The molecule has 0 N–H and O–H groups in total. The van der Waals surface area contributed by atoms with Gasteiger partial charge in [0.25, 0.3) is 0 Å². The standard InChI is InChI=1S/C22H30N2O5/c1-21(2,3)29-20(28)24-13-7-10-17(24)18(25)23-14-11-22(12-15-23,19(26)27)16-8-5-4-6-9-16/h4-6,8-9,17H,7,10-15H2,1-3H3,(H,26,27)/p-1/t17-/m0/s1. The van der Waals surface area contributed by atoms with Gasteiger partial charge in [-0.05, 0) is 52.0 Å². The van der Waals surface area contributed by atoms with Crippen molar-refractivity contribution in [1.82, 2.24) is 9.80 Å². The van der Waals surface area contributed by atoms with Gasteiger partial charge in [-0.3, -0.25) is 9.69 Å². The van der Waals surface area contributed by atoms with Crippen LogP contribution in [0.3, 0.4) is 0 Å². The Morgan fingerprint density at radius 1 is 1.07 bits per heavy atom. The third kappa shape index (κ3) is 4.38. The van der Waals surface area contributed by atoms with Crippen LogP contribution in [0, 0.1) is 0 Å². The molecule has 7 heteroatoms. The van der Waals surface area contributed by atoms with Gasteiger partial charge in [0, 0.05) is 25.0 Å². The first-order valence-electron chi connectivity index (χ1n) is 10.2. The minimum Gasteiger partial charge on any atom is -0.549 e. The number of aliphatic carboxylic acids is 1. The number of ether oxygens (including phenoxy) is 1. The summed E-state index contributed by atoms with van der Waals surface area (Å²) >= 11 is 0. The molecule has 2 aliphatic rings. The fourth-order valence-electron chi connectivity index (χ4n) is 4.25. The summed E-state index contributed by atoms with van der Waals surface area (Å²) in [5, 5.41) is 12.0. The number of nitrogens with zero attached hydrogens (tertiary/aromatic N) is 2. The van der Waals surface area contributed by atoms with E-state index in [4.69, 9.17) is 4.74 Å². The molecule has 2 saturated heterocycles. The van der Waals surface area contributed by atoms with Crippen molar-refractivity contribution in [2.75, 3.05) is 19.6 Å². The maximum absolute atomic E-state index is 13.1. The minimum absolute atomic E-state index is 0.131. The van der Waals surface area contributed by atoms with Crippen LogP contribution >= 0.6 is 0 Å². The van der Waals surface area contributed by atoms with Crippen LogP contribution in [0.15, 0.2) is 30.3 Å². The lowest BCUT2D eigenvalue weighted by atomic mass is 9.72. The number of hydrogen-bond donors (Lipinski definition) is 0. The highest BCUT2D eigenvalue weighted by Crippen LogP contribution is 2.36. The number of likely N-dealkylation sites (tertiary alicyclic amines) is 2. The number of amides is 2. The van der Waals surface area contributed by atoms with E-state index in [1.165, 1.54) is 4.90 Å². The average molecular weight is 401 g/mol. The molecule has 1 atom stereocenters. The lowest BCUT2D eigenvalue weighted by molar-refractivity contribution is -0.315. The molecule has 0 spiro atoms. The van der Waals surface area contributed by atoms with Crippen molar-refractivity contribution in [2.45, 2.75) is 63.5 Å². The number of carboxylic acids is 1. The van der Waals surface area contributed by atoms with Gasteiger partial charge in [-0.15, -0.1) is 0 Å². The van der Waals surface area contributed by atoms with Gasteiger partial charge in [-0.1, -0.05) is 30.3 Å². The molecule has 158 valence electrons. The maximum Gasteiger partial charge on any atom is 0.410 e. The quantitative estimate of drug-likeness (QED) is 0.769. The van der Waals surface area contributed by atoms with Crippen molar-refractivity contribution in [2.24, 2.45) is 0 Å². The lowest BCUT2D eigenvalue weighted by Crippen LogP contribution is -2.56. The van der Waals surface area contributed by atoms with Crippen LogP contribution < -0.4 is 5.11 Å². The Kier molecular flexibility index (Phi) is 5.87. The molecule has 0 bridgehead atoms. The molecule has 2 heterocycles. The Balaban J connectivity index is 1.69. The molecule has 2 fully saturated rings. The molecular formula is C22H29N2O5-. The Morgan fingerprint density at radius 2 is 1.69 bits per heavy atom. The summed E-state index contributed by atoms with van der Waals surface area (Å²) in [6, 6.07) is 8.53. The molecule has 3 rings (SSSR count). The third-order valence-electron chi connectivity index (χ3n) is 5.81. The van der Waals surface area contributed by atoms with Gasteiger partial charge in [0.15, 0.2) is 0 Å². The fraction of sp³-hybridized carbons (Fsp3) is 0.591. The van der Waals surface area contributed by atoms with Crippen LogP contribution in [0.4, 0.5) is 4.79 Å². The second kappa shape index (κ2) is 8.05. The third-order valence-corrected chi connectivity index (χ3v) is 5.81. The molecule has 0 radical (unpaired) electrons. The molecule has 29 heavy (non-hydrogen) atoms. The first kappa shape index (κ1) is 21.1. The summed E-state index contributed by atoms with van der Waals surface area (Å²) < 4.78 is 5.44. The number of carboxylic acid groups (broad SMARTS) is 1. The first-order valence-corrected chi connectivity index (χ1v) is 10.2. The van der Waals surface area contributed by atoms with E-state index in [0.29, 0.717) is 44.5 Å². The van der Waals surface area contributed by atoms with Crippen LogP contribution in [0.1, 0.15) is 52.0 Å². The predicted octanol–water partition coefficient (Wildman–Crippen LogP) is 1.70. The summed E-state index contributed by atoms with van der Waals surface area (Å²) in [5.74, 6) is -1.24. The smallest absolute Gasteiger partial charge is 0.410 e. The molecular weight excluding hydrogens is 372 g/mol.